The van der Waals surface area contributed by atoms with Crippen LogP contribution in [0.15, 0.2) is 42.5 Å². The summed E-state index contributed by atoms with van der Waals surface area (Å²) in [5.41, 5.74) is 1.64. The molecule has 36 heavy (non-hydrogen) atoms. The van der Waals surface area contributed by atoms with Gasteiger partial charge >= 0.3 is 0 Å². The van der Waals surface area contributed by atoms with E-state index in [1.165, 1.54) is 4.90 Å². The zero-order valence-electron chi connectivity index (χ0n) is 20.9. The summed E-state index contributed by atoms with van der Waals surface area (Å²) < 4.78 is 13.0. The van der Waals surface area contributed by atoms with Gasteiger partial charge in [-0.15, -0.1) is 0 Å². The number of carbonyl (C=O) groups excluding carboxylic acids is 2. The maximum Gasteiger partial charge on any atom is 0.261 e. The number of aliphatic hydroxyl groups excluding tert-OH is 2. The van der Waals surface area contributed by atoms with Gasteiger partial charge in [-0.3, -0.25) is 19.8 Å². The van der Waals surface area contributed by atoms with Gasteiger partial charge in [-0.05, 0) is 52.0 Å². The number of imidazole rings is 1. The van der Waals surface area contributed by atoms with Crippen molar-refractivity contribution in [2.45, 2.75) is 58.9 Å². The highest BCUT2D eigenvalue weighted by molar-refractivity contribution is 6.21. The van der Waals surface area contributed by atoms with Crippen molar-refractivity contribution in [1.29, 1.82) is 0 Å². The number of fused-ring (bicyclic) bond motifs is 2. The SMILES string of the molecule is C[C@H](O)Cn1c(CN2C(=O)c3ccccc3C2=O)nc2ccc(OCCNC(O)OC(C)(C)C)cc21. The predicted molar refractivity (Wildman–Crippen MR) is 132 cm³/mol. The van der Waals surface area contributed by atoms with Crippen molar-refractivity contribution in [2.24, 2.45) is 0 Å². The van der Waals surface area contributed by atoms with Gasteiger partial charge in [0.25, 0.3) is 11.8 Å². The molecule has 0 spiro atoms. The van der Waals surface area contributed by atoms with E-state index in [1.54, 1.807) is 54.0 Å². The molecular weight excluding hydrogens is 464 g/mol. The Morgan fingerprint density at radius 2 is 1.72 bits per heavy atom. The number of hydrogen-bond donors (Lipinski definition) is 3. The minimum absolute atomic E-state index is 0.0144. The van der Waals surface area contributed by atoms with E-state index in [0.717, 1.165) is 0 Å². The first-order valence-corrected chi connectivity index (χ1v) is 11.9. The second kappa shape index (κ2) is 10.4. The van der Waals surface area contributed by atoms with Crippen LogP contribution in [0, 0.1) is 0 Å². The van der Waals surface area contributed by atoms with E-state index in [-0.39, 0.29) is 31.5 Å². The molecule has 4 rings (SSSR count). The summed E-state index contributed by atoms with van der Waals surface area (Å²) in [6.07, 6.45) is -1.78. The third kappa shape index (κ3) is 5.73. The van der Waals surface area contributed by atoms with Crippen LogP contribution in [0.25, 0.3) is 11.0 Å². The van der Waals surface area contributed by atoms with E-state index in [2.05, 4.69) is 10.3 Å². The Kier molecular flexibility index (Phi) is 7.41. The Bertz CT molecular complexity index is 1230. The minimum atomic E-state index is -1.10. The van der Waals surface area contributed by atoms with Crippen LogP contribution in [0.2, 0.25) is 0 Å². The van der Waals surface area contributed by atoms with Gasteiger partial charge in [0.1, 0.15) is 18.2 Å². The topological polar surface area (TPSA) is 126 Å². The fourth-order valence-corrected chi connectivity index (χ4v) is 4.08. The number of rotatable bonds is 10. The predicted octanol–water partition coefficient (Wildman–Crippen LogP) is 2.27. The third-order valence-corrected chi connectivity index (χ3v) is 5.58. The van der Waals surface area contributed by atoms with Gasteiger partial charge in [0.2, 0.25) is 6.41 Å². The average Bonchev–Trinajstić information content (AvgIpc) is 3.25. The van der Waals surface area contributed by atoms with Crippen molar-refractivity contribution in [2.75, 3.05) is 13.2 Å². The molecule has 2 heterocycles. The summed E-state index contributed by atoms with van der Waals surface area (Å²) in [5, 5.41) is 22.8. The molecule has 2 aromatic carbocycles. The second-order valence-corrected chi connectivity index (χ2v) is 9.77. The third-order valence-electron chi connectivity index (χ3n) is 5.58. The number of benzene rings is 2. The van der Waals surface area contributed by atoms with Gasteiger partial charge < -0.3 is 24.3 Å². The largest absolute Gasteiger partial charge is 0.492 e. The lowest BCUT2D eigenvalue weighted by Gasteiger charge is -2.24. The highest BCUT2D eigenvalue weighted by Crippen LogP contribution is 2.27. The number of carbonyl (C=O) groups is 2. The van der Waals surface area contributed by atoms with Crippen molar-refractivity contribution in [3.63, 3.8) is 0 Å². The molecule has 1 aliphatic heterocycles. The van der Waals surface area contributed by atoms with Gasteiger partial charge in [-0.2, -0.15) is 0 Å². The van der Waals surface area contributed by atoms with Crippen molar-refractivity contribution in [3.05, 3.63) is 59.4 Å². The molecule has 1 aromatic heterocycles. The smallest absolute Gasteiger partial charge is 0.261 e. The zero-order chi connectivity index (χ0) is 26.0. The lowest BCUT2D eigenvalue weighted by molar-refractivity contribution is -0.181. The zero-order valence-corrected chi connectivity index (χ0v) is 20.9. The number of nitrogens with one attached hydrogen (secondary N) is 1. The lowest BCUT2D eigenvalue weighted by atomic mass is 10.1. The van der Waals surface area contributed by atoms with Crippen molar-refractivity contribution in [3.8, 4) is 5.75 Å². The minimum Gasteiger partial charge on any atom is -0.492 e. The average molecular weight is 497 g/mol. The fraction of sp³-hybridized carbons (Fsp3) is 0.423. The van der Waals surface area contributed by atoms with Crippen molar-refractivity contribution in [1.82, 2.24) is 19.8 Å². The molecule has 0 fully saturated rings. The van der Waals surface area contributed by atoms with Gasteiger partial charge in [-0.25, -0.2) is 4.98 Å². The summed E-state index contributed by atoms with van der Waals surface area (Å²) in [6, 6.07) is 12.1. The molecule has 3 aromatic rings. The van der Waals surface area contributed by atoms with Crippen molar-refractivity contribution < 1.29 is 29.3 Å². The molecule has 3 N–H and O–H groups in total. The second-order valence-electron chi connectivity index (χ2n) is 9.77. The molecule has 2 atom stereocenters. The summed E-state index contributed by atoms with van der Waals surface area (Å²) in [5.74, 6) is 0.344. The Balaban J connectivity index is 1.50. The van der Waals surface area contributed by atoms with Crippen LogP contribution in [0.4, 0.5) is 0 Å². The fourth-order valence-electron chi connectivity index (χ4n) is 4.08. The molecule has 10 nitrogen and oxygen atoms in total. The number of amides is 2. The lowest BCUT2D eigenvalue weighted by Crippen LogP contribution is -2.39. The van der Waals surface area contributed by atoms with Gasteiger partial charge in [0.05, 0.1) is 47.0 Å². The number of hydrogen-bond acceptors (Lipinski definition) is 8. The maximum absolute atomic E-state index is 12.9. The number of aliphatic hydroxyl groups is 2. The first-order valence-electron chi connectivity index (χ1n) is 11.9. The molecule has 1 aliphatic rings. The molecule has 10 heteroatoms. The van der Waals surface area contributed by atoms with Crippen LogP contribution in [0.5, 0.6) is 5.75 Å². The number of imide groups is 1. The Hall–Kier alpha value is -3.31. The maximum atomic E-state index is 12.9. The van der Waals surface area contributed by atoms with E-state index >= 15 is 0 Å². The van der Waals surface area contributed by atoms with Crippen LogP contribution in [-0.2, 0) is 17.8 Å². The first-order chi connectivity index (χ1) is 17.0. The van der Waals surface area contributed by atoms with Gasteiger partial charge in [0, 0.05) is 12.6 Å². The Morgan fingerprint density at radius 1 is 1.06 bits per heavy atom. The molecule has 0 saturated carbocycles. The standard InChI is InChI=1S/C26H32N4O6/c1-16(31)14-29-21-13-17(35-12-11-27-25(34)36-26(2,3)4)9-10-20(21)28-22(29)15-30-23(32)18-7-5-6-8-19(18)24(30)33/h5-10,13,16,25,27,31,34H,11-12,14-15H2,1-4H3/t16-,25?/m0/s1. The highest BCUT2D eigenvalue weighted by Gasteiger charge is 2.36. The summed E-state index contributed by atoms with van der Waals surface area (Å²) in [7, 11) is 0. The molecule has 1 unspecified atom stereocenters. The van der Waals surface area contributed by atoms with Crippen molar-refractivity contribution >= 4 is 22.8 Å². The first kappa shape index (κ1) is 25.8. The number of nitrogens with zero attached hydrogens (tertiary/aromatic N) is 3. The Morgan fingerprint density at radius 3 is 2.33 bits per heavy atom. The van der Waals surface area contributed by atoms with E-state index in [0.29, 0.717) is 40.3 Å². The summed E-state index contributed by atoms with van der Waals surface area (Å²) in [4.78, 5) is 31.5. The number of aromatic nitrogens is 2. The normalized spacial score (nSPS) is 15.4. The van der Waals surface area contributed by atoms with E-state index in [4.69, 9.17) is 9.47 Å². The van der Waals surface area contributed by atoms with Crippen LogP contribution in [-0.4, -0.2) is 67.7 Å². The highest BCUT2D eigenvalue weighted by atomic mass is 16.6. The van der Waals surface area contributed by atoms with Crippen LogP contribution in [0.3, 0.4) is 0 Å². The molecule has 2 amide bonds. The van der Waals surface area contributed by atoms with E-state index in [1.807, 2.05) is 20.8 Å². The van der Waals surface area contributed by atoms with E-state index < -0.39 is 18.1 Å². The molecular formula is C26H32N4O6. The van der Waals surface area contributed by atoms with Gasteiger partial charge in [0.15, 0.2) is 0 Å². The molecule has 0 saturated heterocycles. The molecule has 0 radical (unpaired) electrons. The van der Waals surface area contributed by atoms with Crippen LogP contribution >= 0.6 is 0 Å². The summed E-state index contributed by atoms with van der Waals surface area (Å²) in [6.45, 7) is 8.06. The van der Waals surface area contributed by atoms with Crippen LogP contribution in [0.1, 0.15) is 54.2 Å². The monoisotopic (exact) mass is 496 g/mol. The van der Waals surface area contributed by atoms with E-state index in [9.17, 15) is 19.8 Å². The van der Waals surface area contributed by atoms with Crippen LogP contribution < -0.4 is 10.1 Å². The Labute approximate surface area is 209 Å². The quantitative estimate of drug-likeness (QED) is 0.222. The van der Waals surface area contributed by atoms with Gasteiger partial charge in [-0.1, -0.05) is 12.1 Å². The molecule has 192 valence electrons. The molecule has 0 bridgehead atoms. The number of ether oxygens (including phenoxy) is 2. The molecule has 0 aliphatic carbocycles. The summed E-state index contributed by atoms with van der Waals surface area (Å²) >= 11 is 0.